The first kappa shape index (κ1) is 10.7. The Bertz CT molecular complexity index is 466. The van der Waals surface area contributed by atoms with Crippen molar-refractivity contribution in [3.8, 4) is 11.1 Å². The van der Waals surface area contributed by atoms with Gasteiger partial charge in [0, 0.05) is 15.9 Å². The largest absolute Gasteiger partial charge is 0.0876 e. The summed E-state index contributed by atoms with van der Waals surface area (Å²) < 4.78 is 0. The molecule has 0 saturated carbocycles. The number of hydrogen-bond donors (Lipinski definition) is 0. The SMILES string of the molecule is Clc1ccccc1-c1cccc(CBr)c1. The molecule has 0 aliphatic rings. The van der Waals surface area contributed by atoms with Crippen LogP contribution in [0.25, 0.3) is 11.1 Å². The number of benzene rings is 2. The van der Waals surface area contributed by atoms with Gasteiger partial charge in [0.2, 0.25) is 0 Å². The lowest BCUT2D eigenvalue weighted by atomic mass is 10.0. The Hall–Kier alpha value is -0.790. The molecule has 0 amide bonds. The molecule has 2 aromatic rings. The van der Waals surface area contributed by atoms with Gasteiger partial charge >= 0.3 is 0 Å². The molecule has 0 bridgehead atoms. The van der Waals surface area contributed by atoms with Crippen LogP contribution in [0.5, 0.6) is 0 Å². The summed E-state index contributed by atoms with van der Waals surface area (Å²) >= 11 is 9.59. The van der Waals surface area contributed by atoms with Crippen LogP contribution in [0.1, 0.15) is 5.56 Å². The van der Waals surface area contributed by atoms with Crippen molar-refractivity contribution < 1.29 is 0 Å². The number of rotatable bonds is 2. The molecule has 2 aromatic carbocycles. The molecule has 0 radical (unpaired) electrons. The van der Waals surface area contributed by atoms with Gasteiger partial charge in [-0.1, -0.05) is 70.0 Å². The Morgan fingerprint density at radius 2 is 1.80 bits per heavy atom. The Morgan fingerprint density at radius 3 is 2.53 bits per heavy atom. The highest BCUT2D eigenvalue weighted by Gasteiger charge is 2.02. The zero-order valence-electron chi connectivity index (χ0n) is 8.08. The molecule has 0 unspecified atom stereocenters. The number of hydrogen-bond acceptors (Lipinski definition) is 0. The summed E-state index contributed by atoms with van der Waals surface area (Å²) in [5.74, 6) is 0. The Balaban J connectivity index is 2.49. The molecule has 0 atom stereocenters. The molecular weight excluding hydrogens is 271 g/mol. The molecule has 0 heterocycles. The van der Waals surface area contributed by atoms with Crippen LogP contribution in [-0.2, 0) is 5.33 Å². The molecule has 0 spiro atoms. The van der Waals surface area contributed by atoms with E-state index in [0.29, 0.717) is 0 Å². The van der Waals surface area contributed by atoms with E-state index in [4.69, 9.17) is 11.6 Å². The van der Waals surface area contributed by atoms with Crippen LogP contribution >= 0.6 is 27.5 Å². The summed E-state index contributed by atoms with van der Waals surface area (Å²) in [5.41, 5.74) is 3.51. The Kier molecular flexibility index (Phi) is 3.45. The van der Waals surface area contributed by atoms with Gasteiger partial charge < -0.3 is 0 Å². The fourth-order valence-electron chi connectivity index (χ4n) is 1.52. The molecule has 2 heteroatoms. The average Bonchev–Trinajstić information content (AvgIpc) is 2.30. The maximum absolute atomic E-state index is 6.14. The molecule has 0 nitrogen and oxygen atoms in total. The van der Waals surface area contributed by atoms with E-state index in [9.17, 15) is 0 Å². The van der Waals surface area contributed by atoms with Crippen LogP contribution in [0.15, 0.2) is 48.5 Å². The minimum atomic E-state index is 0.796. The van der Waals surface area contributed by atoms with Gasteiger partial charge in [0.25, 0.3) is 0 Å². The summed E-state index contributed by atoms with van der Waals surface area (Å²) in [7, 11) is 0. The summed E-state index contributed by atoms with van der Waals surface area (Å²) in [5, 5.41) is 1.66. The van der Waals surface area contributed by atoms with Gasteiger partial charge in [-0.25, -0.2) is 0 Å². The maximum atomic E-state index is 6.14. The highest BCUT2D eigenvalue weighted by Crippen LogP contribution is 2.28. The minimum absolute atomic E-state index is 0.796. The first-order valence-electron chi connectivity index (χ1n) is 4.71. The lowest BCUT2D eigenvalue weighted by Gasteiger charge is -2.05. The van der Waals surface area contributed by atoms with Crippen LogP contribution in [-0.4, -0.2) is 0 Å². The van der Waals surface area contributed by atoms with E-state index in [1.165, 1.54) is 5.56 Å². The molecule has 0 fully saturated rings. The third-order valence-corrected chi connectivity index (χ3v) is 3.24. The third kappa shape index (κ3) is 2.42. The van der Waals surface area contributed by atoms with Gasteiger partial charge in [-0.05, 0) is 17.2 Å². The van der Waals surface area contributed by atoms with E-state index < -0.39 is 0 Å². The van der Waals surface area contributed by atoms with Crippen molar-refractivity contribution in [2.45, 2.75) is 5.33 Å². The van der Waals surface area contributed by atoms with Gasteiger partial charge in [0.1, 0.15) is 0 Å². The lowest BCUT2D eigenvalue weighted by Crippen LogP contribution is -1.82. The fraction of sp³-hybridized carbons (Fsp3) is 0.0769. The Morgan fingerprint density at radius 1 is 1.00 bits per heavy atom. The minimum Gasteiger partial charge on any atom is -0.0876 e. The van der Waals surface area contributed by atoms with Crippen LogP contribution in [0, 0.1) is 0 Å². The predicted octanol–water partition coefficient (Wildman–Crippen LogP) is 4.90. The second-order valence-electron chi connectivity index (χ2n) is 3.31. The molecule has 15 heavy (non-hydrogen) atoms. The maximum Gasteiger partial charge on any atom is 0.0484 e. The normalized spacial score (nSPS) is 10.3. The highest BCUT2D eigenvalue weighted by molar-refractivity contribution is 9.08. The van der Waals surface area contributed by atoms with Crippen LogP contribution in [0.4, 0.5) is 0 Å². The lowest BCUT2D eigenvalue weighted by molar-refractivity contribution is 1.43. The highest BCUT2D eigenvalue weighted by atomic mass is 79.9. The van der Waals surface area contributed by atoms with Crippen LogP contribution in [0.2, 0.25) is 5.02 Å². The van der Waals surface area contributed by atoms with E-state index in [2.05, 4.69) is 40.2 Å². The smallest absolute Gasteiger partial charge is 0.0484 e. The van der Waals surface area contributed by atoms with E-state index in [1.807, 2.05) is 24.3 Å². The quantitative estimate of drug-likeness (QED) is 0.687. The first-order valence-corrected chi connectivity index (χ1v) is 6.21. The second-order valence-corrected chi connectivity index (χ2v) is 4.28. The summed E-state index contributed by atoms with van der Waals surface area (Å²) in [6, 6.07) is 16.3. The zero-order valence-corrected chi connectivity index (χ0v) is 10.4. The van der Waals surface area contributed by atoms with Crippen molar-refractivity contribution >= 4 is 27.5 Å². The molecule has 0 N–H and O–H groups in total. The van der Waals surface area contributed by atoms with Crippen molar-refractivity contribution in [2.24, 2.45) is 0 Å². The van der Waals surface area contributed by atoms with Gasteiger partial charge in [0.15, 0.2) is 0 Å². The van der Waals surface area contributed by atoms with Crippen molar-refractivity contribution in [2.75, 3.05) is 0 Å². The van der Waals surface area contributed by atoms with Crippen molar-refractivity contribution in [3.63, 3.8) is 0 Å². The van der Waals surface area contributed by atoms with Gasteiger partial charge in [-0.3, -0.25) is 0 Å². The molecule has 2 rings (SSSR count). The van der Waals surface area contributed by atoms with Gasteiger partial charge in [0.05, 0.1) is 0 Å². The predicted molar refractivity (Wildman–Crippen MR) is 69.5 cm³/mol. The van der Waals surface area contributed by atoms with E-state index in [0.717, 1.165) is 21.5 Å². The standard InChI is InChI=1S/C13H10BrCl/c14-9-10-4-3-5-11(8-10)12-6-1-2-7-13(12)15/h1-8H,9H2. The number of halogens is 2. The second kappa shape index (κ2) is 4.82. The summed E-state index contributed by atoms with van der Waals surface area (Å²) in [4.78, 5) is 0. The Labute approximate surface area is 103 Å². The van der Waals surface area contributed by atoms with Crippen molar-refractivity contribution in [3.05, 3.63) is 59.1 Å². The van der Waals surface area contributed by atoms with Gasteiger partial charge in [-0.2, -0.15) is 0 Å². The first-order chi connectivity index (χ1) is 7.31. The molecule has 0 aliphatic carbocycles. The molecule has 76 valence electrons. The molecule has 0 aliphatic heterocycles. The monoisotopic (exact) mass is 280 g/mol. The van der Waals surface area contributed by atoms with Crippen LogP contribution < -0.4 is 0 Å². The van der Waals surface area contributed by atoms with E-state index in [-0.39, 0.29) is 0 Å². The van der Waals surface area contributed by atoms with Crippen molar-refractivity contribution in [1.29, 1.82) is 0 Å². The van der Waals surface area contributed by atoms with Crippen molar-refractivity contribution in [1.82, 2.24) is 0 Å². The number of alkyl halides is 1. The fourth-order valence-corrected chi connectivity index (χ4v) is 2.11. The summed E-state index contributed by atoms with van der Waals surface area (Å²) in [6.07, 6.45) is 0. The van der Waals surface area contributed by atoms with Crippen LogP contribution in [0.3, 0.4) is 0 Å². The topological polar surface area (TPSA) is 0 Å². The van der Waals surface area contributed by atoms with Gasteiger partial charge in [-0.15, -0.1) is 0 Å². The molecule has 0 aromatic heterocycles. The average molecular weight is 282 g/mol. The third-order valence-electron chi connectivity index (χ3n) is 2.27. The summed E-state index contributed by atoms with van der Waals surface area (Å²) in [6.45, 7) is 0. The zero-order chi connectivity index (χ0) is 10.7. The molecular formula is C13H10BrCl. The molecule has 0 saturated heterocycles. The van der Waals surface area contributed by atoms with E-state index >= 15 is 0 Å². The van der Waals surface area contributed by atoms with E-state index in [1.54, 1.807) is 0 Å².